The highest BCUT2D eigenvalue weighted by Crippen LogP contribution is 2.21. The number of nitrogens with zero attached hydrogens (tertiary/aromatic N) is 3. The van der Waals surface area contributed by atoms with Gasteiger partial charge in [-0.1, -0.05) is 11.2 Å². The molecule has 2 N–H and O–H groups in total. The van der Waals surface area contributed by atoms with Crippen molar-refractivity contribution in [2.45, 2.75) is 13.5 Å². The minimum Gasteiger partial charge on any atom is -0.401 e. The number of thiophene rings is 1. The number of aromatic nitrogens is 3. The van der Waals surface area contributed by atoms with E-state index in [2.05, 4.69) is 25.8 Å². The third-order valence-corrected chi connectivity index (χ3v) is 4.14. The van der Waals surface area contributed by atoms with Crippen LogP contribution in [-0.2, 0) is 6.54 Å². The SMILES string of the molecule is Cc1nc(-c2nnc(NC(=O)NCc3cccs3)o2)cs1. The van der Waals surface area contributed by atoms with Gasteiger partial charge in [0.25, 0.3) is 5.89 Å². The van der Waals surface area contributed by atoms with E-state index in [1.807, 2.05) is 29.8 Å². The van der Waals surface area contributed by atoms with Gasteiger partial charge < -0.3 is 9.73 Å². The van der Waals surface area contributed by atoms with Crippen molar-refractivity contribution in [2.75, 3.05) is 5.32 Å². The Morgan fingerprint density at radius 1 is 1.38 bits per heavy atom. The fourth-order valence-electron chi connectivity index (χ4n) is 1.56. The fourth-order valence-corrected chi connectivity index (χ4v) is 2.79. The predicted molar refractivity (Wildman–Crippen MR) is 80.3 cm³/mol. The molecule has 0 aliphatic carbocycles. The number of hydrogen-bond donors (Lipinski definition) is 2. The number of thiazole rings is 1. The van der Waals surface area contributed by atoms with E-state index in [-0.39, 0.29) is 11.9 Å². The number of aryl methyl sites for hydroxylation is 1. The first-order valence-corrected chi connectivity index (χ1v) is 7.80. The number of carbonyl (C=O) groups excluding carboxylic acids is 1. The lowest BCUT2D eigenvalue weighted by molar-refractivity contribution is 0.251. The van der Waals surface area contributed by atoms with Crippen LogP contribution in [0.1, 0.15) is 9.88 Å². The fraction of sp³-hybridized carbons (Fsp3) is 0.167. The van der Waals surface area contributed by atoms with Crippen molar-refractivity contribution in [3.05, 3.63) is 32.8 Å². The van der Waals surface area contributed by atoms with Crippen molar-refractivity contribution in [1.29, 1.82) is 0 Å². The molecule has 0 saturated heterocycles. The van der Waals surface area contributed by atoms with Crippen molar-refractivity contribution in [3.63, 3.8) is 0 Å². The molecule has 0 radical (unpaired) electrons. The molecule has 108 valence electrons. The maximum absolute atomic E-state index is 11.7. The highest BCUT2D eigenvalue weighted by atomic mass is 32.1. The van der Waals surface area contributed by atoms with Crippen LogP contribution in [0.4, 0.5) is 10.8 Å². The van der Waals surface area contributed by atoms with E-state index in [0.717, 1.165) is 9.88 Å². The number of amides is 2. The topological polar surface area (TPSA) is 92.9 Å². The zero-order valence-electron chi connectivity index (χ0n) is 11.0. The number of urea groups is 1. The molecule has 3 rings (SSSR count). The monoisotopic (exact) mass is 321 g/mol. The Morgan fingerprint density at radius 2 is 2.29 bits per heavy atom. The zero-order valence-corrected chi connectivity index (χ0v) is 12.6. The smallest absolute Gasteiger partial charge is 0.324 e. The molecule has 0 aliphatic heterocycles. The zero-order chi connectivity index (χ0) is 14.7. The summed E-state index contributed by atoms with van der Waals surface area (Å²) in [6.45, 7) is 2.34. The predicted octanol–water partition coefficient (Wildman–Crippen LogP) is 2.88. The van der Waals surface area contributed by atoms with Gasteiger partial charge in [-0.15, -0.1) is 27.8 Å². The van der Waals surface area contributed by atoms with E-state index in [0.29, 0.717) is 12.2 Å². The van der Waals surface area contributed by atoms with E-state index in [4.69, 9.17) is 4.42 Å². The van der Waals surface area contributed by atoms with Crippen LogP contribution in [0.25, 0.3) is 11.6 Å². The summed E-state index contributed by atoms with van der Waals surface area (Å²) >= 11 is 3.07. The molecule has 0 atom stereocenters. The third kappa shape index (κ3) is 3.44. The van der Waals surface area contributed by atoms with Crippen LogP contribution in [0.2, 0.25) is 0 Å². The van der Waals surface area contributed by atoms with Gasteiger partial charge in [0, 0.05) is 10.3 Å². The van der Waals surface area contributed by atoms with Crippen LogP contribution in [0.5, 0.6) is 0 Å². The Hall–Kier alpha value is -2.26. The molecular weight excluding hydrogens is 310 g/mol. The van der Waals surface area contributed by atoms with Crippen molar-refractivity contribution < 1.29 is 9.21 Å². The van der Waals surface area contributed by atoms with Crippen LogP contribution in [-0.4, -0.2) is 21.2 Å². The molecule has 2 amide bonds. The molecule has 0 saturated carbocycles. The lowest BCUT2D eigenvalue weighted by Crippen LogP contribution is -2.27. The van der Waals surface area contributed by atoms with Crippen LogP contribution in [0, 0.1) is 6.92 Å². The lowest BCUT2D eigenvalue weighted by atomic mass is 10.5. The average molecular weight is 321 g/mol. The first-order valence-electron chi connectivity index (χ1n) is 6.04. The second-order valence-electron chi connectivity index (χ2n) is 4.05. The van der Waals surface area contributed by atoms with Crippen LogP contribution >= 0.6 is 22.7 Å². The summed E-state index contributed by atoms with van der Waals surface area (Å²) < 4.78 is 5.34. The quantitative estimate of drug-likeness (QED) is 0.770. The second kappa shape index (κ2) is 6.02. The highest BCUT2D eigenvalue weighted by molar-refractivity contribution is 7.10. The van der Waals surface area contributed by atoms with Gasteiger partial charge in [0.05, 0.1) is 11.6 Å². The number of rotatable bonds is 4. The van der Waals surface area contributed by atoms with E-state index in [1.165, 1.54) is 11.3 Å². The molecule has 3 aromatic heterocycles. The Balaban J connectivity index is 1.58. The second-order valence-corrected chi connectivity index (χ2v) is 6.15. The molecular formula is C12H11N5O2S2. The molecule has 0 spiro atoms. The number of nitrogens with one attached hydrogen (secondary N) is 2. The Labute approximate surface area is 128 Å². The normalized spacial score (nSPS) is 10.5. The summed E-state index contributed by atoms with van der Waals surface area (Å²) in [5, 5.41) is 17.5. The van der Waals surface area contributed by atoms with E-state index in [1.54, 1.807) is 11.3 Å². The van der Waals surface area contributed by atoms with Crippen molar-refractivity contribution in [2.24, 2.45) is 0 Å². The summed E-state index contributed by atoms with van der Waals surface area (Å²) in [7, 11) is 0. The Kier molecular flexibility index (Phi) is 3.93. The average Bonchev–Trinajstić information content (AvgIpc) is 3.17. The first-order chi connectivity index (χ1) is 10.2. The maximum Gasteiger partial charge on any atom is 0.324 e. The summed E-state index contributed by atoms with van der Waals surface area (Å²) in [4.78, 5) is 17.0. The van der Waals surface area contributed by atoms with Crippen LogP contribution < -0.4 is 10.6 Å². The van der Waals surface area contributed by atoms with Gasteiger partial charge in [-0.3, -0.25) is 5.32 Å². The molecule has 7 nitrogen and oxygen atoms in total. The molecule has 0 unspecified atom stereocenters. The third-order valence-electron chi connectivity index (χ3n) is 2.49. The summed E-state index contributed by atoms with van der Waals surface area (Å²) in [5.41, 5.74) is 0.608. The van der Waals surface area contributed by atoms with Gasteiger partial charge in [-0.25, -0.2) is 9.78 Å². The summed E-state index contributed by atoms with van der Waals surface area (Å²) in [6.07, 6.45) is 0. The lowest BCUT2D eigenvalue weighted by Gasteiger charge is -2.02. The van der Waals surface area contributed by atoms with E-state index in [9.17, 15) is 4.79 Å². The van der Waals surface area contributed by atoms with Gasteiger partial charge in [0.2, 0.25) is 0 Å². The maximum atomic E-state index is 11.7. The van der Waals surface area contributed by atoms with Crippen molar-refractivity contribution >= 4 is 34.7 Å². The molecule has 3 aromatic rings. The molecule has 9 heteroatoms. The van der Waals surface area contributed by atoms with Crippen LogP contribution in [0.15, 0.2) is 27.3 Å². The summed E-state index contributed by atoms with van der Waals surface area (Å²) in [5.74, 6) is 0.285. The number of anilines is 1. The highest BCUT2D eigenvalue weighted by Gasteiger charge is 2.13. The molecule has 21 heavy (non-hydrogen) atoms. The van der Waals surface area contributed by atoms with Gasteiger partial charge in [-0.2, -0.15) is 0 Å². The number of carbonyl (C=O) groups is 1. The Morgan fingerprint density at radius 3 is 3.00 bits per heavy atom. The molecule has 0 aromatic carbocycles. The molecule has 3 heterocycles. The standard InChI is InChI=1S/C12H11N5O2S2/c1-7-14-9(6-21-7)10-16-17-12(19-10)15-11(18)13-5-8-3-2-4-20-8/h2-4,6H,5H2,1H3,(H2,13,15,17,18). The van der Waals surface area contributed by atoms with Crippen molar-refractivity contribution in [3.8, 4) is 11.6 Å². The minimum atomic E-state index is -0.395. The Bertz CT molecular complexity index is 735. The van der Waals surface area contributed by atoms with Crippen LogP contribution in [0.3, 0.4) is 0 Å². The molecule has 0 aliphatic rings. The molecule has 0 fully saturated rings. The number of hydrogen-bond acceptors (Lipinski definition) is 7. The first kappa shape index (κ1) is 13.7. The van der Waals surface area contributed by atoms with Gasteiger partial charge in [0.15, 0.2) is 0 Å². The van der Waals surface area contributed by atoms with Gasteiger partial charge in [0.1, 0.15) is 5.69 Å². The minimum absolute atomic E-state index is 0.0410. The van der Waals surface area contributed by atoms with Gasteiger partial charge >= 0.3 is 12.0 Å². The largest absolute Gasteiger partial charge is 0.401 e. The molecule has 0 bridgehead atoms. The van der Waals surface area contributed by atoms with E-state index < -0.39 is 6.03 Å². The van der Waals surface area contributed by atoms with E-state index >= 15 is 0 Å². The summed E-state index contributed by atoms with van der Waals surface area (Å²) in [6, 6.07) is 3.52. The van der Waals surface area contributed by atoms with Gasteiger partial charge in [-0.05, 0) is 18.4 Å². The van der Waals surface area contributed by atoms with Crippen molar-refractivity contribution in [1.82, 2.24) is 20.5 Å².